The van der Waals surface area contributed by atoms with Crippen LogP contribution in [0.25, 0.3) is 0 Å². The number of nitrogens with zero attached hydrogens (tertiary/aromatic N) is 2. The number of fused-ring (bicyclic) bond motifs is 1. The lowest BCUT2D eigenvalue weighted by Gasteiger charge is -2.23. The molecular formula is C17H12ClN3O2. The molecule has 1 N–H and O–H groups in total. The number of aliphatic imine (C=N–C) groups is 1. The molecule has 0 saturated heterocycles. The van der Waals surface area contributed by atoms with Crippen molar-refractivity contribution in [3.63, 3.8) is 0 Å². The summed E-state index contributed by atoms with van der Waals surface area (Å²) in [5.74, 6) is -0.246. The molecule has 2 heterocycles. The van der Waals surface area contributed by atoms with E-state index >= 15 is 0 Å². The van der Waals surface area contributed by atoms with E-state index in [0.29, 0.717) is 16.4 Å². The number of benzene rings is 2. The Hall–Kier alpha value is -2.66. The van der Waals surface area contributed by atoms with Gasteiger partial charge < -0.3 is 10.2 Å². The van der Waals surface area contributed by atoms with Crippen molar-refractivity contribution < 1.29 is 9.63 Å². The first-order valence-corrected chi connectivity index (χ1v) is 7.53. The van der Waals surface area contributed by atoms with Gasteiger partial charge in [0, 0.05) is 10.6 Å². The number of oxime groups is 1. The molecule has 0 bridgehead atoms. The highest BCUT2D eigenvalue weighted by atomic mass is 35.5. The van der Waals surface area contributed by atoms with Crippen LogP contribution < -0.4 is 5.32 Å². The van der Waals surface area contributed by atoms with Crippen LogP contribution in [0.2, 0.25) is 5.02 Å². The van der Waals surface area contributed by atoms with Crippen LogP contribution in [0.1, 0.15) is 17.3 Å². The average molecular weight is 326 g/mol. The number of amides is 1. The van der Waals surface area contributed by atoms with E-state index in [4.69, 9.17) is 16.4 Å². The largest absolute Gasteiger partial charge is 0.375 e. The van der Waals surface area contributed by atoms with Gasteiger partial charge in [-0.15, -0.1) is 0 Å². The van der Waals surface area contributed by atoms with Gasteiger partial charge in [-0.2, -0.15) is 0 Å². The molecule has 0 saturated carbocycles. The summed E-state index contributed by atoms with van der Waals surface area (Å²) in [4.78, 5) is 22.2. The minimum Gasteiger partial charge on any atom is -0.375 e. The first-order chi connectivity index (χ1) is 11.2. The highest BCUT2D eigenvalue weighted by Gasteiger charge is 2.41. The van der Waals surface area contributed by atoms with Gasteiger partial charge in [-0.3, -0.25) is 9.79 Å². The molecule has 5 nitrogen and oxygen atoms in total. The predicted molar refractivity (Wildman–Crippen MR) is 87.6 cm³/mol. The summed E-state index contributed by atoms with van der Waals surface area (Å²) in [6.45, 7) is 0. The second-order valence-electron chi connectivity index (χ2n) is 5.27. The van der Waals surface area contributed by atoms with Crippen molar-refractivity contribution in [2.45, 2.75) is 12.3 Å². The normalized spacial score (nSPS) is 22.6. The maximum absolute atomic E-state index is 12.3. The summed E-state index contributed by atoms with van der Waals surface area (Å²) in [6.07, 6.45) is -1.25. The molecule has 4 rings (SSSR count). The Balaban J connectivity index is 1.73. The quantitative estimate of drug-likeness (QED) is 0.922. The van der Waals surface area contributed by atoms with E-state index in [1.54, 1.807) is 12.1 Å². The van der Waals surface area contributed by atoms with Crippen molar-refractivity contribution in [2.24, 2.45) is 10.1 Å². The standard InChI is InChI=1S/C17H12ClN3O2/c18-12-8-6-11(7-9-12)16-19-14-13(10-4-2-1-3-5-10)21-23-15(14)17(22)20-16/h1-9,15-16H,(H,20,22). The summed E-state index contributed by atoms with van der Waals surface area (Å²) < 4.78 is 0. The zero-order chi connectivity index (χ0) is 15.8. The number of carbonyl (C=O) groups excluding carboxylic acids is 1. The van der Waals surface area contributed by atoms with Gasteiger partial charge in [0.2, 0.25) is 6.10 Å². The van der Waals surface area contributed by atoms with E-state index in [9.17, 15) is 4.79 Å². The molecule has 2 aliphatic rings. The fraction of sp³-hybridized carbons (Fsp3) is 0.118. The number of hydrogen-bond donors (Lipinski definition) is 1. The number of nitrogens with one attached hydrogen (secondary N) is 1. The Morgan fingerprint density at radius 1 is 1.04 bits per heavy atom. The Bertz CT molecular complexity index is 815. The van der Waals surface area contributed by atoms with Crippen molar-refractivity contribution in [1.29, 1.82) is 0 Å². The molecular weight excluding hydrogens is 314 g/mol. The lowest BCUT2D eigenvalue weighted by molar-refractivity contribution is -0.129. The molecule has 2 aromatic carbocycles. The minimum atomic E-state index is -0.784. The van der Waals surface area contributed by atoms with E-state index in [0.717, 1.165) is 11.1 Å². The summed E-state index contributed by atoms with van der Waals surface area (Å²) in [5, 5.41) is 7.51. The summed E-state index contributed by atoms with van der Waals surface area (Å²) in [6, 6.07) is 16.8. The lowest BCUT2D eigenvalue weighted by Crippen LogP contribution is -2.46. The fourth-order valence-corrected chi connectivity index (χ4v) is 2.73. The molecule has 2 atom stereocenters. The second-order valence-corrected chi connectivity index (χ2v) is 5.70. The van der Waals surface area contributed by atoms with Crippen molar-refractivity contribution in [1.82, 2.24) is 5.32 Å². The molecule has 2 aromatic rings. The first kappa shape index (κ1) is 14.0. The van der Waals surface area contributed by atoms with E-state index in [2.05, 4.69) is 15.5 Å². The monoisotopic (exact) mass is 325 g/mol. The van der Waals surface area contributed by atoms with Gasteiger partial charge in [-0.1, -0.05) is 59.2 Å². The van der Waals surface area contributed by atoms with Crippen LogP contribution in [0.3, 0.4) is 0 Å². The summed E-state index contributed by atoms with van der Waals surface area (Å²) in [5.41, 5.74) is 2.88. The van der Waals surface area contributed by atoms with Crippen LogP contribution in [0, 0.1) is 0 Å². The molecule has 0 spiro atoms. The topological polar surface area (TPSA) is 63.0 Å². The van der Waals surface area contributed by atoms with Gasteiger partial charge in [-0.25, -0.2) is 0 Å². The number of carbonyl (C=O) groups is 1. The number of rotatable bonds is 2. The third kappa shape index (κ3) is 2.49. The third-order valence-corrected chi connectivity index (χ3v) is 4.01. The highest BCUT2D eigenvalue weighted by molar-refractivity contribution is 6.53. The van der Waals surface area contributed by atoms with Gasteiger partial charge in [0.25, 0.3) is 5.91 Å². The maximum Gasteiger partial charge on any atom is 0.272 e. The zero-order valence-electron chi connectivity index (χ0n) is 11.9. The van der Waals surface area contributed by atoms with Crippen LogP contribution in [0.15, 0.2) is 64.7 Å². The molecule has 0 radical (unpaired) electrons. The molecule has 23 heavy (non-hydrogen) atoms. The Morgan fingerprint density at radius 3 is 2.52 bits per heavy atom. The van der Waals surface area contributed by atoms with Crippen molar-refractivity contribution in [3.8, 4) is 0 Å². The second kappa shape index (κ2) is 5.52. The predicted octanol–water partition coefficient (Wildman–Crippen LogP) is 2.71. The van der Waals surface area contributed by atoms with Crippen LogP contribution in [0.4, 0.5) is 0 Å². The molecule has 6 heteroatoms. The average Bonchev–Trinajstić information content (AvgIpc) is 3.01. The molecule has 1 amide bonds. The first-order valence-electron chi connectivity index (χ1n) is 7.15. The number of halogens is 1. The van der Waals surface area contributed by atoms with Gasteiger partial charge in [-0.05, 0) is 17.7 Å². The van der Waals surface area contributed by atoms with E-state index in [1.165, 1.54) is 0 Å². The molecule has 114 valence electrons. The Kier molecular flexibility index (Phi) is 3.35. The van der Waals surface area contributed by atoms with E-state index in [1.807, 2.05) is 42.5 Å². The number of hydrogen-bond acceptors (Lipinski definition) is 4. The summed E-state index contributed by atoms with van der Waals surface area (Å²) in [7, 11) is 0. The van der Waals surface area contributed by atoms with Gasteiger partial charge >= 0.3 is 0 Å². The van der Waals surface area contributed by atoms with E-state index in [-0.39, 0.29) is 5.91 Å². The van der Waals surface area contributed by atoms with Crippen molar-refractivity contribution in [3.05, 3.63) is 70.7 Å². The molecule has 0 fully saturated rings. The maximum atomic E-state index is 12.3. The van der Waals surface area contributed by atoms with Crippen LogP contribution in [-0.2, 0) is 9.63 Å². The molecule has 0 aromatic heterocycles. The van der Waals surface area contributed by atoms with Crippen LogP contribution >= 0.6 is 11.6 Å². The molecule has 2 unspecified atom stereocenters. The van der Waals surface area contributed by atoms with Crippen LogP contribution in [0.5, 0.6) is 0 Å². The van der Waals surface area contributed by atoms with E-state index < -0.39 is 12.3 Å². The SMILES string of the molecule is O=C1NC(c2ccc(Cl)cc2)N=C2C(c3ccccc3)=NOC12. The summed E-state index contributed by atoms with van der Waals surface area (Å²) >= 11 is 5.91. The zero-order valence-corrected chi connectivity index (χ0v) is 12.7. The molecule has 2 aliphatic heterocycles. The Morgan fingerprint density at radius 2 is 1.78 bits per heavy atom. The highest BCUT2D eigenvalue weighted by Crippen LogP contribution is 2.25. The molecule has 0 aliphatic carbocycles. The fourth-order valence-electron chi connectivity index (χ4n) is 2.61. The van der Waals surface area contributed by atoms with Crippen molar-refractivity contribution >= 4 is 28.9 Å². The van der Waals surface area contributed by atoms with Crippen molar-refractivity contribution in [2.75, 3.05) is 0 Å². The smallest absolute Gasteiger partial charge is 0.272 e. The third-order valence-electron chi connectivity index (χ3n) is 3.76. The van der Waals surface area contributed by atoms with Gasteiger partial charge in [0.05, 0.1) is 0 Å². The lowest BCUT2D eigenvalue weighted by atomic mass is 10.00. The van der Waals surface area contributed by atoms with Gasteiger partial charge in [0.15, 0.2) is 0 Å². The Labute approximate surface area is 137 Å². The minimum absolute atomic E-state index is 0.246. The van der Waals surface area contributed by atoms with Crippen LogP contribution in [-0.4, -0.2) is 23.4 Å². The van der Waals surface area contributed by atoms with Gasteiger partial charge in [0.1, 0.15) is 17.6 Å².